The number of benzene rings is 1. The molecule has 31 heavy (non-hydrogen) atoms. The highest BCUT2D eigenvalue weighted by molar-refractivity contribution is 6.32. The van der Waals surface area contributed by atoms with Crippen molar-refractivity contribution in [3.05, 3.63) is 63.7 Å². The van der Waals surface area contributed by atoms with Crippen molar-refractivity contribution < 1.29 is 18.0 Å². The van der Waals surface area contributed by atoms with E-state index in [4.69, 9.17) is 23.2 Å². The fourth-order valence-electron chi connectivity index (χ4n) is 3.32. The van der Waals surface area contributed by atoms with Crippen molar-refractivity contribution in [1.29, 1.82) is 0 Å². The number of aromatic nitrogens is 4. The average molecular weight is 472 g/mol. The lowest BCUT2D eigenvalue weighted by Gasteiger charge is -2.07. The molecule has 1 amide bonds. The number of alkyl halides is 3. The Labute approximate surface area is 185 Å². The molecular formula is C20H18Cl2F3N5O. The summed E-state index contributed by atoms with van der Waals surface area (Å²) in [4.78, 5) is 12.3. The normalized spacial score (nSPS) is 14.1. The minimum Gasteiger partial charge on any atom is -0.323 e. The standard InChI is InChI=1S/C20H18Cl2F3N5O/c21-14-3-1-2-12(8-14)10-29-11-15(9-26-29)27-16(31)6-7-30-18(13-4-5-13)17(22)19(28-30)20(23,24)25/h1-3,8-9,11,13H,4-7,10H2,(H,27,31). The monoisotopic (exact) mass is 471 g/mol. The van der Waals surface area contributed by atoms with Gasteiger partial charge in [-0.2, -0.15) is 23.4 Å². The quantitative estimate of drug-likeness (QED) is 0.504. The summed E-state index contributed by atoms with van der Waals surface area (Å²) in [5.41, 5.74) is 0.705. The van der Waals surface area contributed by atoms with Crippen LogP contribution in [0.15, 0.2) is 36.7 Å². The van der Waals surface area contributed by atoms with Crippen LogP contribution >= 0.6 is 23.2 Å². The van der Waals surface area contributed by atoms with Crippen LogP contribution in [0.25, 0.3) is 0 Å². The lowest BCUT2D eigenvalue weighted by Crippen LogP contribution is -2.16. The molecule has 11 heteroatoms. The molecule has 3 aromatic rings. The molecule has 1 fully saturated rings. The van der Waals surface area contributed by atoms with Gasteiger partial charge in [0.05, 0.1) is 35.7 Å². The molecule has 4 rings (SSSR count). The maximum atomic E-state index is 13.1. The number of nitrogens with one attached hydrogen (secondary N) is 1. The van der Waals surface area contributed by atoms with E-state index in [1.165, 1.54) is 10.9 Å². The number of hydrogen-bond acceptors (Lipinski definition) is 3. The smallest absolute Gasteiger partial charge is 0.323 e. The van der Waals surface area contributed by atoms with Crippen LogP contribution in [0.4, 0.5) is 18.9 Å². The van der Waals surface area contributed by atoms with Crippen LogP contribution in [0, 0.1) is 0 Å². The number of nitrogens with zero attached hydrogens (tertiary/aromatic N) is 4. The molecule has 1 saturated carbocycles. The van der Waals surface area contributed by atoms with E-state index in [0.717, 1.165) is 18.4 Å². The summed E-state index contributed by atoms with van der Waals surface area (Å²) in [6, 6.07) is 7.35. The van der Waals surface area contributed by atoms with Crippen molar-refractivity contribution in [2.24, 2.45) is 0 Å². The van der Waals surface area contributed by atoms with Crippen LogP contribution in [0.5, 0.6) is 0 Å². The van der Waals surface area contributed by atoms with E-state index in [-0.39, 0.29) is 29.8 Å². The minimum atomic E-state index is -4.63. The van der Waals surface area contributed by atoms with Crippen molar-refractivity contribution in [1.82, 2.24) is 19.6 Å². The van der Waals surface area contributed by atoms with Crippen LogP contribution < -0.4 is 5.32 Å². The van der Waals surface area contributed by atoms with Gasteiger partial charge in [0.2, 0.25) is 5.91 Å². The highest BCUT2D eigenvalue weighted by Gasteiger charge is 2.42. The number of rotatable bonds is 7. The number of halogens is 5. The van der Waals surface area contributed by atoms with Crippen LogP contribution in [0.1, 0.15) is 42.1 Å². The molecule has 1 aliphatic carbocycles. The molecular weight excluding hydrogens is 454 g/mol. The molecule has 0 spiro atoms. The van der Waals surface area contributed by atoms with Gasteiger partial charge in [0.15, 0.2) is 5.69 Å². The molecule has 0 aliphatic heterocycles. The Hall–Kier alpha value is -2.52. The van der Waals surface area contributed by atoms with E-state index in [1.807, 2.05) is 18.2 Å². The van der Waals surface area contributed by atoms with E-state index in [2.05, 4.69) is 15.5 Å². The van der Waals surface area contributed by atoms with Gasteiger partial charge in [-0.05, 0) is 30.5 Å². The first-order chi connectivity index (χ1) is 14.7. The Bertz CT molecular complexity index is 1100. The Morgan fingerprint density at radius 3 is 2.71 bits per heavy atom. The predicted molar refractivity (Wildman–Crippen MR) is 110 cm³/mol. The maximum absolute atomic E-state index is 13.1. The van der Waals surface area contributed by atoms with Gasteiger partial charge in [0, 0.05) is 23.6 Å². The van der Waals surface area contributed by atoms with Gasteiger partial charge in [0.1, 0.15) is 0 Å². The van der Waals surface area contributed by atoms with E-state index in [9.17, 15) is 18.0 Å². The van der Waals surface area contributed by atoms with E-state index >= 15 is 0 Å². The first-order valence-electron chi connectivity index (χ1n) is 9.61. The van der Waals surface area contributed by atoms with Crippen LogP contribution in [-0.4, -0.2) is 25.5 Å². The molecule has 6 nitrogen and oxygen atoms in total. The zero-order valence-electron chi connectivity index (χ0n) is 16.2. The van der Waals surface area contributed by atoms with E-state index in [0.29, 0.717) is 22.9 Å². The first-order valence-corrected chi connectivity index (χ1v) is 10.4. The number of carbonyl (C=O) groups is 1. The lowest BCUT2D eigenvalue weighted by atomic mass is 10.2. The minimum absolute atomic E-state index is 0.00409. The van der Waals surface area contributed by atoms with Gasteiger partial charge in [-0.25, -0.2) is 0 Å². The third-order valence-corrected chi connectivity index (χ3v) is 5.47. The van der Waals surface area contributed by atoms with Gasteiger partial charge >= 0.3 is 6.18 Å². The van der Waals surface area contributed by atoms with Crippen LogP contribution in [0.2, 0.25) is 10.0 Å². The highest BCUT2D eigenvalue weighted by Crippen LogP contribution is 2.46. The Morgan fingerprint density at radius 1 is 1.26 bits per heavy atom. The zero-order chi connectivity index (χ0) is 22.2. The second-order valence-corrected chi connectivity index (χ2v) is 8.21. The maximum Gasteiger partial charge on any atom is 0.436 e. The summed E-state index contributed by atoms with van der Waals surface area (Å²) in [5, 5.41) is 10.8. The van der Waals surface area contributed by atoms with Crippen LogP contribution in [-0.2, 0) is 24.1 Å². The van der Waals surface area contributed by atoms with Crippen molar-refractivity contribution in [3.8, 4) is 0 Å². The summed E-state index contributed by atoms with van der Waals surface area (Å²) in [6.07, 6.45) is 0.0211. The fraction of sp³-hybridized carbons (Fsp3) is 0.350. The van der Waals surface area contributed by atoms with Gasteiger partial charge in [-0.1, -0.05) is 35.3 Å². The van der Waals surface area contributed by atoms with E-state index < -0.39 is 11.9 Å². The Kier molecular flexibility index (Phi) is 5.98. The summed E-state index contributed by atoms with van der Waals surface area (Å²) >= 11 is 11.9. The molecule has 0 unspecified atom stereocenters. The summed E-state index contributed by atoms with van der Waals surface area (Å²) in [5.74, 6) is -0.395. The molecule has 164 valence electrons. The molecule has 0 saturated heterocycles. The summed E-state index contributed by atoms with van der Waals surface area (Å²) in [7, 11) is 0. The van der Waals surface area contributed by atoms with Crippen molar-refractivity contribution in [2.45, 2.75) is 44.4 Å². The number of aryl methyl sites for hydroxylation is 1. The van der Waals surface area contributed by atoms with Gasteiger partial charge in [0.25, 0.3) is 0 Å². The average Bonchev–Trinajstić information content (AvgIpc) is 3.33. The third-order valence-electron chi connectivity index (χ3n) is 4.87. The molecule has 1 aromatic carbocycles. The first kappa shape index (κ1) is 21.7. The van der Waals surface area contributed by atoms with Crippen molar-refractivity contribution >= 4 is 34.8 Å². The fourth-order valence-corrected chi connectivity index (χ4v) is 3.93. The predicted octanol–water partition coefficient (Wildman–Crippen LogP) is 5.36. The molecule has 0 atom stereocenters. The van der Waals surface area contributed by atoms with E-state index in [1.54, 1.807) is 16.9 Å². The number of amides is 1. The molecule has 2 heterocycles. The van der Waals surface area contributed by atoms with Gasteiger partial charge in [-0.3, -0.25) is 14.2 Å². The third kappa shape index (κ3) is 5.22. The lowest BCUT2D eigenvalue weighted by molar-refractivity contribution is -0.141. The second-order valence-electron chi connectivity index (χ2n) is 7.40. The topological polar surface area (TPSA) is 64.7 Å². The molecule has 0 bridgehead atoms. The van der Waals surface area contributed by atoms with Crippen molar-refractivity contribution in [2.75, 3.05) is 5.32 Å². The largest absolute Gasteiger partial charge is 0.436 e. The zero-order valence-corrected chi connectivity index (χ0v) is 17.7. The number of hydrogen-bond donors (Lipinski definition) is 1. The molecule has 2 aromatic heterocycles. The highest BCUT2D eigenvalue weighted by atomic mass is 35.5. The number of anilines is 1. The SMILES string of the molecule is O=C(CCn1nc(C(F)(F)F)c(Cl)c1C1CC1)Nc1cnn(Cc2cccc(Cl)c2)c1. The second kappa shape index (κ2) is 8.55. The molecule has 1 aliphatic rings. The Balaban J connectivity index is 1.37. The van der Waals surface area contributed by atoms with Gasteiger partial charge in [-0.15, -0.1) is 0 Å². The van der Waals surface area contributed by atoms with Crippen LogP contribution in [0.3, 0.4) is 0 Å². The molecule has 1 N–H and O–H groups in total. The summed E-state index contributed by atoms with van der Waals surface area (Å²) < 4.78 is 42.3. The number of carbonyl (C=O) groups excluding carboxylic acids is 1. The molecule has 0 radical (unpaired) electrons. The summed E-state index contributed by atoms with van der Waals surface area (Å²) in [6.45, 7) is 0.483. The van der Waals surface area contributed by atoms with Gasteiger partial charge < -0.3 is 5.32 Å². The van der Waals surface area contributed by atoms with Crippen molar-refractivity contribution in [3.63, 3.8) is 0 Å². The Morgan fingerprint density at radius 2 is 2.03 bits per heavy atom.